The third-order valence-electron chi connectivity index (χ3n) is 4.13. The molecule has 132 valence electrons. The molecule has 2 aromatic heterocycles. The zero-order chi connectivity index (χ0) is 18.1. The molecule has 0 spiro atoms. The first kappa shape index (κ1) is 16.9. The normalized spacial score (nSPS) is 17.0. The summed E-state index contributed by atoms with van der Waals surface area (Å²) < 4.78 is 6.82. The second-order valence-electron chi connectivity index (χ2n) is 5.84. The average molecular weight is 346 g/mol. The minimum absolute atomic E-state index is 0.168. The molecule has 1 saturated heterocycles. The molecule has 1 unspecified atom stereocenters. The van der Waals surface area contributed by atoms with Gasteiger partial charge >= 0.3 is 11.9 Å². The van der Waals surface area contributed by atoms with Crippen molar-refractivity contribution in [3.8, 4) is 0 Å². The van der Waals surface area contributed by atoms with Crippen molar-refractivity contribution in [2.24, 2.45) is 0 Å². The van der Waals surface area contributed by atoms with E-state index in [1.165, 1.54) is 19.3 Å². The number of rotatable bonds is 4. The first-order chi connectivity index (χ1) is 11.9. The monoisotopic (exact) mass is 346 g/mol. The van der Waals surface area contributed by atoms with Crippen molar-refractivity contribution in [2.45, 2.75) is 32.9 Å². The van der Waals surface area contributed by atoms with Gasteiger partial charge < -0.3 is 19.3 Å². The van der Waals surface area contributed by atoms with Gasteiger partial charge in [0.1, 0.15) is 17.3 Å². The Bertz CT molecular complexity index is 907. The fourth-order valence-corrected chi connectivity index (χ4v) is 2.95. The standard InChI is InChI=1S/C16H18N4O5/c1-3-19-8-12(15(23)24)13(22)11-6-17-16(18-14(11)19)20-5-4-10(7-20)25-9(2)21/h6,8,10H,3-5,7H2,1-2H3,(H,23,24). The number of anilines is 1. The van der Waals surface area contributed by atoms with Crippen molar-refractivity contribution < 1.29 is 19.4 Å². The molecule has 1 aliphatic rings. The second kappa shape index (κ2) is 6.50. The lowest BCUT2D eigenvalue weighted by Crippen LogP contribution is -2.26. The van der Waals surface area contributed by atoms with Gasteiger partial charge in [-0.3, -0.25) is 9.59 Å². The summed E-state index contributed by atoms with van der Waals surface area (Å²) in [7, 11) is 0. The van der Waals surface area contributed by atoms with E-state index in [0.29, 0.717) is 37.7 Å². The fourth-order valence-electron chi connectivity index (χ4n) is 2.95. The van der Waals surface area contributed by atoms with Gasteiger partial charge in [-0.1, -0.05) is 0 Å². The van der Waals surface area contributed by atoms with Gasteiger partial charge in [-0.2, -0.15) is 4.98 Å². The quantitative estimate of drug-likeness (QED) is 0.803. The fraction of sp³-hybridized carbons (Fsp3) is 0.438. The summed E-state index contributed by atoms with van der Waals surface area (Å²) in [6, 6.07) is 0. The number of aryl methyl sites for hydroxylation is 1. The van der Waals surface area contributed by atoms with Gasteiger partial charge in [0.2, 0.25) is 11.4 Å². The molecule has 9 heteroatoms. The zero-order valence-electron chi connectivity index (χ0n) is 13.9. The number of carbonyl (C=O) groups is 2. The summed E-state index contributed by atoms with van der Waals surface area (Å²) in [5, 5.41) is 9.34. The molecular weight excluding hydrogens is 328 g/mol. The number of hydrogen-bond acceptors (Lipinski definition) is 7. The van der Waals surface area contributed by atoms with Gasteiger partial charge in [-0.15, -0.1) is 0 Å². The van der Waals surface area contributed by atoms with Gasteiger partial charge in [0.25, 0.3) is 0 Å². The summed E-state index contributed by atoms with van der Waals surface area (Å²) in [5.74, 6) is -1.18. The molecule has 9 nitrogen and oxygen atoms in total. The Morgan fingerprint density at radius 1 is 1.44 bits per heavy atom. The minimum atomic E-state index is -1.28. The van der Waals surface area contributed by atoms with E-state index in [9.17, 15) is 14.4 Å². The van der Waals surface area contributed by atoms with Crippen LogP contribution in [0.25, 0.3) is 11.0 Å². The molecule has 1 aliphatic heterocycles. The molecule has 25 heavy (non-hydrogen) atoms. The number of aromatic carboxylic acids is 1. The van der Waals surface area contributed by atoms with E-state index in [-0.39, 0.29) is 23.0 Å². The third-order valence-corrected chi connectivity index (χ3v) is 4.13. The van der Waals surface area contributed by atoms with Crippen LogP contribution < -0.4 is 10.3 Å². The Hall–Kier alpha value is -2.97. The van der Waals surface area contributed by atoms with Crippen LogP contribution >= 0.6 is 0 Å². The van der Waals surface area contributed by atoms with Crippen molar-refractivity contribution in [1.29, 1.82) is 0 Å². The molecule has 1 atom stereocenters. The number of ether oxygens (including phenoxy) is 1. The number of carbonyl (C=O) groups excluding carboxylic acids is 1. The molecule has 3 heterocycles. The summed E-state index contributed by atoms with van der Waals surface area (Å²) in [4.78, 5) is 45.1. The Labute approximate surface area is 142 Å². The van der Waals surface area contributed by atoms with Crippen LogP contribution in [0, 0.1) is 0 Å². The van der Waals surface area contributed by atoms with Crippen molar-refractivity contribution in [1.82, 2.24) is 14.5 Å². The largest absolute Gasteiger partial charge is 0.477 e. The summed E-state index contributed by atoms with van der Waals surface area (Å²) in [5.41, 5.74) is -0.516. The van der Waals surface area contributed by atoms with Crippen LogP contribution in [-0.2, 0) is 16.1 Å². The van der Waals surface area contributed by atoms with E-state index >= 15 is 0 Å². The average Bonchev–Trinajstić information content (AvgIpc) is 3.02. The van der Waals surface area contributed by atoms with Crippen molar-refractivity contribution in [3.63, 3.8) is 0 Å². The van der Waals surface area contributed by atoms with Crippen molar-refractivity contribution >= 4 is 28.9 Å². The molecule has 0 aliphatic carbocycles. The van der Waals surface area contributed by atoms with E-state index in [2.05, 4.69) is 9.97 Å². The molecule has 3 rings (SSSR count). The van der Waals surface area contributed by atoms with Crippen molar-refractivity contribution in [2.75, 3.05) is 18.0 Å². The molecule has 0 aromatic carbocycles. The number of nitrogens with zero attached hydrogens (tertiary/aromatic N) is 4. The number of fused-ring (bicyclic) bond motifs is 1. The van der Waals surface area contributed by atoms with E-state index in [1.54, 1.807) is 4.57 Å². The highest BCUT2D eigenvalue weighted by molar-refractivity contribution is 5.91. The molecule has 0 bridgehead atoms. The molecule has 1 N–H and O–H groups in total. The first-order valence-corrected chi connectivity index (χ1v) is 7.96. The molecule has 0 radical (unpaired) electrons. The molecule has 2 aromatic rings. The first-order valence-electron chi connectivity index (χ1n) is 7.96. The third kappa shape index (κ3) is 3.17. The second-order valence-corrected chi connectivity index (χ2v) is 5.84. The van der Waals surface area contributed by atoms with Gasteiger partial charge in [-0.25, -0.2) is 9.78 Å². The molecule has 0 amide bonds. The lowest BCUT2D eigenvalue weighted by atomic mass is 10.2. The van der Waals surface area contributed by atoms with Crippen LogP contribution in [0.5, 0.6) is 0 Å². The molecular formula is C16H18N4O5. The number of hydrogen-bond donors (Lipinski definition) is 1. The minimum Gasteiger partial charge on any atom is -0.477 e. The predicted molar refractivity (Wildman–Crippen MR) is 88.8 cm³/mol. The molecule has 0 saturated carbocycles. The van der Waals surface area contributed by atoms with Crippen LogP contribution in [0.1, 0.15) is 30.6 Å². The highest BCUT2D eigenvalue weighted by Crippen LogP contribution is 2.20. The highest BCUT2D eigenvalue weighted by atomic mass is 16.5. The topological polar surface area (TPSA) is 115 Å². The number of carboxylic acids is 1. The van der Waals surface area contributed by atoms with Gasteiger partial charge in [0, 0.05) is 38.8 Å². The predicted octanol–water partition coefficient (Wildman–Crippen LogP) is 0.651. The van der Waals surface area contributed by atoms with Gasteiger partial charge in [0.15, 0.2) is 0 Å². The van der Waals surface area contributed by atoms with Gasteiger partial charge in [0.05, 0.1) is 11.9 Å². The lowest BCUT2D eigenvalue weighted by molar-refractivity contribution is -0.145. The summed E-state index contributed by atoms with van der Waals surface area (Å²) in [6.07, 6.45) is 3.13. The Balaban J connectivity index is 2.00. The lowest BCUT2D eigenvalue weighted by Gasteiger charge is -2.17. The number of pyridine rings is 1. The smallest absolute Gasteiger partial charge is 0.341 e. The van der Waals surface area contributed by atoms with E-state index in [0.717, 1.165) is 0 Å². The maximum Gasteiger partial charge on any atom is 0.341 e. The van der Waals surface area contributed by atoms with Crippen LogP contribution in [0.15, 0.2) is 17.2 Å². The zero-order valence-corrected chi connectivity index (χ0v) is 13.9. The molecule has 1 fully saturated rings. The number of aromatic nitrogens is 3. The van der Waals surface area contributed by atoms with Crippen molar-refractivity contribution in [3.05, 3.63) is 28.2 Å². The van der Waals surface area contributed by atoms with E-state index < -0.39 is 11.4 Å². The highest BCUT2D eigenvalue weighted by Gasteiger charge is 2.27. The SMILES string of the molecule is CCn1cc(C(=O)O)c(=O)c2cnc(N3CCC(OC(C)=O)C3)nc21. The van der Waals surface area contributed by atoms with Crippen LogP contribution in [0.3, 0.4) is 0 Å². The number of esters is 1. The van der Waals surface area contributed by atoms with Crippen LogP contribution in [0.2, 0.25) is 0 Å². The van der Waals surface area contributed by atoms with Crippen LogP contribution in [0.4, 0.5) is 5.95 Å². The van der Waals surface area contributed by atoms with Crippen LogP contribution in [-0.4, -0.2) is 50.8 Å². The Morgan fingerprint density at radius 2 is 2.20 bits per heavy atom. The Kier molecular flexibility index (Phi) is 4.39. The maximum atomic E-state index is 12.3. The van der Waals surface area contributed by atoms with E-state index in [4.69, 9.17) is 9.84 Å². The van der Waals surface area contributed by atoms with E-state index in [1.807, 2.05) is 11.8 Å². The summed E-state index contributed by atoms with van der Waals surface area (Å²) >= 11 is 0. The maximum absolute atomic E-state index is 12.3. The Morgan fingerprint density at radius 3 is 2.84 bits per heavy atom. The summed E-state index contributed by atoms with van der Waals surface area (Å²) in [6.45, 7) is 4.78. The number of carboxylic acid groups (broad SMARTS) is 1. The van der Waals surface area contributed by atoms with Gasteiger partial charge in [-0.05, 0) is 6.92 Å².